The van der Waals surface area contributed by atoms with Gasteiger partial charge in [0.15, 0.2) is 5.82 Å². The van der Waals surface area contributed by atoms with E-state index in [1.807, 2.05) is 0 Å². The quantitative estimate of drug-likeness (QED) is 0.580. The van der Waals surface area contributed by atoms with Gasteiger partial charge in [-0.1, -0.05) is 19.3 Å². The van der Waals surface area contributed by atoms with Crippen LogP contribution in [-0.2, 0) is 4.79 Å². The summed E-state index contributed by atoms with van der Waals surface area (Å²) in [5.41, 5.74) is 3.78. The third kappa shape index (κ3) is 5.18. The van der Waals surface area contributed by atoms with Crippen LogP contribution < -0.4 is 25.3 Å². The van der Waals surface area contributed by atoms with Crippen molar-refractivity contribution in [1.82, 2.24) is 20.4 Å². The van der Waals surface area contributed by atoms with Gasteiger partial charge < -0.3 is 19.9 Å². The largest absolute Gasteiger partial charge is 0.495 e. The highest BCUT2D eigenvalue weighted by molar-refractivity contribution is 6.02. The lowest BCUT2D eigenvalue weighted by molar-refractivity contribution is -0.140. The summed E-state index contributed by atoms with van der Waals surface area (Å²) in [6, 6.07) is 4.70. The van der Waals surface area contributed by atoms with Gasteiger partial charge in [0.1, 0.15) is 11.4 Å². The number of methoxy groups -OCH3 is 1. The first-order valence-electron chi connectivity index (χ1n) is 11.8. The molecule has 0 unspecified atom stereocenters. The highest BCUT2D eigenvalue weighted by atomic mass is 19.3. The van der Waals surface area contributed by atoms with E-state index in [0.29, 0.717) is 17.0 Å². The Morgan fingerprint density at radius 2 is 1.94 bits per heavy atom. The van der Waals surface area contributed by atoms with E-state index < -0.39 is 18.4 Å². The maximum Gasteiger partial charge on any atom is 0.342 e. The number of hydrogen-bond acceptors (Lipinski definition) is 8. The van der Waals surface area contributed by atoms with E-state index in [9.17, 15) is 18.4 Å². The van der Waals surface area contributed by atoms with Gasteiger partial charge in [0.2, 0.25) is 5.95 Å². The van der Waals surface area contributed by atoms with Crippen LogP contribution in [0.4, 0.5) is 31.9 Å². The Hall–Kier alpha value is -3.54. The Morgan fingerprint density at radius 3 is 2.61 bits per heavy atom. The Labute approximate surface area is 208 Å². The third-order valence-corrected chi connectivity index (χ3v) is 6.42. The molecule has 1 aliphatic heterocycles. The van der Waals surface area contributed by atoms with Gasteiger partial charge in [-0.25, -0.2) is 9.99 Å². The number of carbonyl (C=O) groups is 2. The Balaban J connectivity index is 1.69. The van der Waals surface area contributed by atoms with Gasteiger partial charge in [0.05, 0.1) is 25.5 Å². The molecule has 0 spiro atoms. The molecule has 2 aliphatic rings. The monoisotopic (exact) mass is 503 g/mol. The molecule has 0 bridgehead atoms. The second-order valence-electron chi connectivity index (χ2n) is 9.27. The zero-order valence-corrected chi connectivity index (χ0v) is 20.8. The average molecular weight is 504 g/mol. The number of aromatic nitrogens is 2. The van der Waals surface area contributed by atoms with Gasteiger partial charge in [-0.15, -0.1) is 0 Å². The molecule has 194 valence electrons. The molecule has 12 heteroatoms. The summed E-state index contributed by atoms with van der Waals surface area (Å²) in [6.07, 6.45) is 5.82. The molecule has 4 rings (SSSR count). The number of ether oxygens (including phenoxy) is 1. The number of nitrogens with one attached hydrogen (secondary N) is 2. The van der Waals surface area contributed by atoms with Crippen LogP contribution in [0.15, 0.2) is 24.4 Å². The van der Waals surface area contributed by atoms with Crippen LogP contribution >= 0.6 is 0 Å². The molecule has 1 aromatic carbocycles. The first kappa shape index (κ1) is 25.5. The number of hydrogen-bond donors (Lipinski definition) is 2. The molecule has 2 aromatic rings. The smallest absolute Gasteiger partial charge is 0.342 e. The Kier molecular flexibility index (Phi) is 7.25. The number of hydrazine groups is 1. The van der Waals surface area contributed by atoms with Gasteiger partial charge in [0.25, 0.3) is 11.8 Å². The summed E-state index contributed by atoms with van der Waals surface area (Å²) in [5.74, 6) is -4.31. The zero-order chi connectivity index (χ0) is 26.0. The molecule has 10 nitrogen and oxygen atoms in total. The van der Waals surface area contributed by atoms with Gasteiger partial charge in [-0.05, 0) is 31.0 Å². The van der Waals surface area contributed by atoms with Crippen LogP contribution in [0.25, 0.3) is 0 Å². The van der Waals surface area contributed by atoms with Crippen molar-refractivity contribution in [2.45, 2.75) is 44.1 Å². The second kappa shape index (κ2) is 10.2. The van der Waals surface area contributed by atoms with E-state index in [0.717, 1.165) is 37.0 Å². The highest BCUT2D eigenvalue weighted by Crippen LogP contribution is 2.39. The molecule has 0 saturated heterocycles. The lowest BCUT2D eigenvalue weighted by atomic mass is 9.94. The molecule has 1 fully saturated rings. The summed E-state index contributed by atoms with van der Waals surface area (Å²) in [4.78, 5) is 36.2. The van der Waals surface area contributed by atoms with Gasteiger partial charge >= 0.3 is 5.92 Å². The number of nitrogens with zero attached hydrogens (tertiary/aromatic N) is 5. The minimum Gasteiger partial charge on any atom is -0.495 e. The van der Waals surface area contributed by atoms with E-state index >= 15 is 0 Å². The number of carbonyl (C=O) groups excluding carboxylic acids is 2. The number of amides is 2. The van der Waals surface area contributed by atoms with Crippen molar-refractivity contribution < 1.29 is 23.1 Å². The van der Waals surface area contributed by atoms with Crippen molar-refractivity contribution in [1.29, 1.82) is 0 Å². The van der Waals surface area contributed by atoms with E-state index in [2.05, 4.69) is 20.7 Å². The van der Waals surface area contributed by atoms with E-state index in [1.54, 1.807) is 37.2 Å². The lowest BCUT2D eigenvalue weighted by Gasteiger charge is -2.35. The number of alkyl halides is 2. The summed E-state index contributed by atoms with van der Waals surface area (Å²) >= 11 is 0. The second-order valence-corrected chi connectivity index (χ2v) is 9.27. The fraction of sp³-hybridized carbons (Fsp3) is 0.500. The molecule has 1 aliphatic carbocycles. The Morgan fingerprint density at radius 1 is 1.22 bits per heavy atom. The average Bonchev–Trinajstić information content (AvgIpc) is 2.93. The standard InChI is InChI=1S/C24H31F2N7O3/c1-31(2)30-21(34)15-10-11-17(19(12-15)36-4)28-23-27-13-18-20(29-23)33(16-8-6-5-7-9-16)14-24(25,26)22(35)32(18)3/h10-13,16H,5-9,14H2,1-4H3,(H,30,34)(H,27,28,29). The fourth-order valence-corrected chi connectivity index (χ4v) is 4.60. The molecule has 36 heavy (non-hydrogen) atoms. The Bertz CT molecular complexity index is 1140. The fourth-order valence-electron chi connectivity index (χ4n) is 4.60. The maximum absolute atomic E-state index is 14.9. The molecular weight excluding hydrogens is 472 g/mol. The highest BCUT2D eigenvalue weighted by Gasteiger charge is 2.48. The summed E-state index contributed by atoms with van der Waals surface area (Å²) < 4.78 is 35.2. The third-order valence-electron chi connectivity index (χ3n) is 6.42. The topological polar surface area (TPSA) is 103 Å². The number of halogens is 2. The van der Waals surface area contributed by atoms with Crippen molar-refractivity contribution in [2.24, 2.45) is 0 Å². The van der Waals surface area contributed by atoms with Crippen molar-refractivity contribution in [2.75, 3.05) is 49.9 Å². The van der Waals surface area contributed by atoms with Crippen molar-refractivity contribution in [3.8, 4) is 5.75 Å². The molecule has 0 atom stereocenters. The number of rotatable bonds is 6. The predicted octanol–water partition coefficient (Wildman–Crippen LogP) is 3.19. The van der Waals surface area contributed by atoms with Crippen LogP contribution in [0.3, 0.4) is 0 Å². The van der Waals surface area contributed by atoms with Gasteiger partial charge in [0, 0.05) is 32.7 Å². The minimum atomic E-state index is -3.55. The van der Waals surface area contributed by atoms with E-state index in [4.69, 9.17) is 4.74 Å². The van der Waals surface area contributed by atoms with Gasteiger partial charge in [-0.3, -0.25) is 15.0 Å². The molecular formula is C24H31F2N7O3. The number of anilines is 4. The van der Waals surface area contributed by atoms with Crippen LogP contribution in [0.5, 0.6) is 5.75 Å². The van der Waals surface area contributed by atoms with Gasteiger partial charge in [-0.2, -0.15) is 13.8 Å². The van der Waals surface area contributed by atoms with E-state index in [1.165, 1.54) is 25.4 Å². The first-order chi connectivity index (χ1) is 17.1. The van der Waals surface area contributed by atoms with Crippen LogP contribution in [0, 0.1) is 0 Å². The molecule has 2 heterocycles. The maximum atomic E-state index is 14.9. The van der Waals surface area contributed by atoms with Crippen LogP contribution in [0.2, 0.25) is 0 Å². The predicted molar refractivity (Wildman–Crippen MR) is 132 cm³/mol. The van der Waals surface area contributed by atoms with Crippen LogP contribution in [0.1, 0.15) is 42.5 Å². The summed E-state index contributed by atoms with van der Waals surface area (Å²) in [5, 5.41) is 4.60. The number of benzene rings is 1. The first-order valence-corrected chi connectivity index (χ1v) is 11.8. The summed E-state index contributed by atoms with van der Waals surface area (Å²) in [6.45, 7) is -0.733. The van der Waals surface area contributed by atoms with Crippen molar-refractivity contribution >= 4 is 35.0 Å². The van der Waals surface area contributed by atoms with Crippen LogP contribution in [-0.4, -0.2) is 73.6 Å². The van der Waals surface area contributed by atoms with Crippen molar-refractivity contribution in [3.63, 3.8) is 0 Å². The molecule has 2 N–H and O–H groups in total. The summed E-state index contributed by atoms with van der Waals surface area (Å²) in [7, 11) is 6.20. The lowest BCUT2D eigenvalue weighted by Crippen LogP contribution is -2.49. The van der Waals surface area contributed by atoms with Crippen molar-refractivity contribution in [3.05, 3.63) is 30.0 Å². The van der Waals surface area contributed by atoms with E-state index in [-0.39, 0.29) is 29.4 Å². The molecule has 1 aromatic heterocycles. The normalized spacial score (nSPS) is 18.0. The SMILES string of the molecule is COc1cc(C(=O)NN(C)C)ccc1Nc1ncc2c(n1)N(C1CCCCC1)CC(F)(F)C(=O)N2C. The molecule has 2 amide bonds. The molecule has 1 saturated carbocycles. The molecule has 0 radical (unpaired) electrons. The minimum absolute atomic E-state index is 0.144. The number of fused-ring (bicyclic) bond motifs is 1. The zero-order valence-electron chi connectivity index (χ0n) is 20.8.